The summed E-state index contributed by atoms with van der Waals surface area (Å²) in [6.07, 6.45) is 2.42. The van der Waals surface area contributed by atoms with Gasteiger partial charge in [-0.2, -0.15) is 17.0 Å². The van der Waals surface area contributed by atoms with E-state index in [-0.39, 0.29) is 6.04 Å². The Morgan fingerprint density at radius 2 is 1.82 bits per heavy atom. The Labute approximate surface area is 173 Å². The lowest BCUT2D eigenvalue weighted by molar-refractivity contribution is 0.334. The smallest absolute Gasteiger partial charge is 0.256 e. The lowest BCUT2D eigenvalue weighted by Gasteiger charge is -2.29. The second-order valence-electron chi connectivity index (χ2n) is 7.21. The first kappa shape index (κ1) is 21.2. The van der Waals surface area contributed by atoms with Crippen molar-refractivity contribution < 1.29 is 8.42 Å². The molecule has 0 bridgehead atoms. The summed E-state index contributed by atoms with van der Waals surface area (Å²) in [6.45, 7) is 7.22. The Bertz CT molecular complexity index is 912. The van der Waals surface area contributed by atoms with Crippen LogP contribution in [0.25, 0.3) is 0 Å². The highest BCUT2D eigenvalue weighted by Crippen LogP contribution is 2.35. The van der Waals surface area contributed by atoms with Crippen molar-refractivity contribution in [2.45, 2.75) is 46.1 Å². The van der Waals surface area contributed by atoms with Gasteiger partial charge in [0.2, 0.25) is 0 Å². The van der Waals surface area contributed by atoms with Crippen molar-refractivity contribution >= 4 is 21.8 Å². The van der Waals surface area contributed by atoms with E-state index in [9.17, 15) is 8.42 Å². The molecule has 1 atom stereocenters. The summed E-state index contributed by atoms with van der Waals surface area (Å²) < 4.78 is 29.3. The highest BCUT2D eigenvalue weighted by atomic mass is 35.5. The molecule has 0 N–H and O–H groups in total. The van der Waals surface area contributed by atoms with Gasteiger partial charge in [-0.15, -0.1) is 0 Å². The highest BCUT2D eigenvalue weighted by molar-refractivity contribution is 7.86. The quantitative estimate of drug-likeness (QED) is 0.667. The molecule has 1 fully saturated rings. The molecule has 1 saturated heterocycles. The van der Waals surface area contributed by atoms with Crippen LogP contribution < -0.4 is 0 Å². The third-order valence-corrected chi connectivity index (χ3v) is 7.68. The Kier molecular flexibility index (Phi) is 6.76. The fraction of sp³-hybridized carbons (Fsp3) is 0.476. The van der Waals surface area contributed by atoms with Crippen molar-refractivity contribution in [2.75, 3.05) is 19.6 Å². The van der Waals surface area contributed by atoms with Gasteiger partial charge >= 0.3 is 0 Å². The molecular formula is C21H28ClN3O2S. The van der Waals surface area contributed by atoms with Crippen LogP contribution in [-0.2, 0) is 16.6 Å². The molecule has 0 aliphatic carbocycles. The van der Waals surface area contributed by atoms with Crippen molar-refractivity contribution in [3.8, 4) is 0 Å². The molecule has 2 aromatic rings. The van der Waals surface area contributed by atoms with Crippen LogP contribution >= 0.6 is 11.6 Å². The van der Waals surface area contributed by atoms with Gasteiger partial charge in [-0.25, -0.2) is 0 Å². The molecule has 7 heteroatoms. The number of aromatic nitrogens is 1. The molecule has 2 heterocycles. The van der Waals surface area contributed by atoms with Gasteiger partial charge in [0.25, 0.3) is 10.2 Å². The molecule has 0 radical (unpaired) electrons. The van der Waals surface area contributed by atoms with Gasteiger partial charge in [0.1, 0.15) is 0 Å². The predicted octanol–water partition coefficient (Wildman–Crippen LogP) is 4.36. The molecule has 0 unspecified atom stereocenters. The zero-order valence-electron chi connectivity index (χ0n) is 16.7. The molecule has 5 nitrogen and oxygen atoms in total. The summed E-state index contributed by atoms with van der Waals surface area (Å²) >= 11 is 5.98. The van der Waals surface area contributed by atoms with Crippen LogP contribution in [0, 0.1) is 6.92 Å². The van der Waals surface area contributed by atoms with Crippen molar-refractivity contribution in [1.82, 2.24) is 13.6 Å². The van der Waals surface area contributed by atoms with Crippen LogP contribution in [0.15, 0.2) is 36.4 Å². The number of hydrogen-bond acceptors (Lipinski definition) is 3. The molecule has 1 aromatic carbocycles. The second-order valence-corrected chi connectivity index (χ2v) is 9.52. The van der Waals surface area contributed by atoms with E-state index in [1.807, 2.05) is 45.0 Å². The maximum atomic E-state index is 13.1. The van der Waals surface area contributed by atoms with E-state index in [2.05, 4.69) is 12.1 Å². The fourth-order valence-electron chi connectivity index (χ4n) is 3.89. The van der Waals surface area contributed by atoms with Crippen LogP contribution in [0.3, 0.4) is 0 Å². The summed E-state index contributed by atoms with van der Waals surface area (Å²) in [5.74, 6) is 0. The third-order valence-electron chi connectivity index (χ3n) is 5.23. The van der Waals surface area contributed by atoms with Crippen molar-refractivity contribution in [3.63, 3.8) is 0 Å². The Balaban J connectivity index is 1.90. The molecule has 1 aromatic heterocycles. The number of pyridine rings is 1. The number of hydrogen-bond donors (Lipinski definition) is 0. The first-order valence-corrected chi connectivity index (χ1v) is 11.6. The highest BCUT2D eigenvalue weighted by Gasteiger charge is 2.38. The first-order valence-electron chi connectivity index (χ1n) is 9.84. The molecule has 1 aliphatic heterocycles. The Morgan fingerprint density at radius 1 is 1.14 bits per heavy atom. The summed E-state index contributed by atoms with van der Waals surface area (Å²) in [5.41, 5.74) is 4.06. The number of halogens is 1. The summed E-state index contributed by atoms with van der Waals surface area (Å²) in [5, 5.41) is 0.721. The van der Waals surface area contributed by atoms with E-state index in [1.54, 1.807) is 4.31 Å². The molecule has 3 rings (SSSR count). The first-order chi connectivity index (χ1) is 13.3. The topological polar surface area (TPSA) is 53.5 Å². The van der Waals surface area contributed by atoms with E-state index in [0.29, 0.717) is 19.6 Å². The zero-order valence-corrected chi connectivity index (χ0v) is 18.3. The van der Waals surface area contributed by atoms with Gasteiger partial charge in [0, 0.05) is 30.4 Å². The van der Waals surface area contributed by atoms with E-state index >= 15 is 0 Å². The minimum atomic E-state index is -3.48. The monoisotopic (exact) mass is 421 g/mol. The van der Waals surface area contributed by atoms with Gasteiger partial charge in [-0.05, 0) is 61.6 Å². The van der Waals surface area contributed by atoms with Crippen molar-refractivity contribution in [2.24, 2.45) is 0 Å². The number of nitrogens with zero attached hydrogens (tertiary/aromatic N) is 3. The average molecular weight is 422 g/mol. The number of aryl methyl sites for hydroxylation is 1. The molecule has 0 spiro atoms. The SMILES string of the molecule is CCN(CC)S(=O)(=O)N1CCC[C@@H]1c1cc(Cc2ccc(Cl)cc2)cc(C)n1. The van der Waals surface area contributed by atoms with Gasteiger partial charge in [-0.3, -0.25) is 4.98 Å². The summed E-state index contributed by atoms with van der Waals surface area (Å²) in [7, 11) is -3.48. The van der Waals surface area contributed by atoms with Gasteiger partial charge in [0.15, 0.2) is 0 Å². The van der Waals surface area contributed by atoms with Crippen LogP contribution in [-0.4, -0.2) is 41.6 Å². The van der Waals surface area contributed by atoms with Gasteiger partial charge in [-0.1, -0.05) is 37.6 Å². The third kappa shape index (κ3) is 4.57. The molecule has 28 heavy (non-hydrogen) atoms. The lowest BCUT2D eigenvalue weighted by Crippen LogP contribution is -2.43. The van der Waals surface area contributed by atoms with E-state index < -0.39 is 10.2 Å². The Hall–Kier alpha value is -1.47. The summed E-state index contributed by atoms with van der Waals surface area (Å²) in [6, 6.07) is 11.7. The van der Waals surface area contributed by atoms with Crippen molar-refractivity contribution in [1.29, 1.82) is 0 Å². The van der Waals surface area contributed by atoms with Crippen molar-refractivity contribution in [3.05, 3.63) is 63.9 Å². The lowest BCUT2D eigenvalue weighted by atomic mass is 10.0. The van der Waals surface area contributed by atoms with E-state index in [4.69, 9.17) is 16.6 Å². The average Bonchev–Trinajstić information content (AvgIpc) is 3.15. The number of benzene rings is 1. The molecular weight excluding hydrogens is 394 g/mol. The Morgan fingerprint density at radius 3 is 2.46 bits per heavy atom. The second kappa shape index (κ2) is 8.91. The van der Waals surface area contributed by atoms with Gasteiger partial charge in [0.05, 0.1) is 11.7 Å². The molecule has 0 saturated carbocycles. The van der Waals surface area contributed by atoms with Crippen LogP contribution in [0.5, 0.6) is 0 Å². The fourth-order valence-corrected chi connectivity index (χ4v) is 5.86. The van der Waals surface area contributed by atoms with Gasteiger partial charge < -0.3 is 0 Å². The number of rotatable bonds is 7. The summed E-state index contributed by atoms with van der Waals surface area (Å²) in [4.78, 5) is 4.70. The van der Waals surface area contributed by atoms with Crippen LogP contribution in [0.1, 0.15) is 55.2 Å². The molecule has 1 aliphatic rings. The maximum absolute atomic E-state index is 13.1. The van der Waals surface area contributed by atoms with Crippen LogP contribution in [0.2, 0.25) is 5.02 Å². The predicted molar refractivity (Wildman–Crippen MR) is 114 cm³/mol. The normalized spacial score (nSPS) is 18.1. The minimum absolute atomic E-state index is 0.200. The van der Waals surface area contributed by atoms with Crippen LogP contribution in [0.4, 0.5) is 0 Å². The maximum Gasteiger partial charge on any atom is 0.282 e. The molecule has 0 amide bonds. The standard InChI is InChI=1S/C21H28ClN3O2S/c1-4-24(5-2)28(26,27)25-12-6-7-21(25)20-15-18(13-16(3)23-20)14-17-8-10-19(22)11-9-17/h8-11,13,15,21H,4-7,12,14H2,1-3H3/t21-/m1/s1. The zero-order chi connectivity index (χ0) is 20.3. The van der Waals surface area contributed by atoms with E-state index in [0.717, 1.165) is 41.2 Å². The minimum Gasteiger partial charge on any atom is -0.256 e. The largest absolute Gasteiger partial charge is 0.282 e. The molecule has 152 valence electrons. The van der Waals surface area contributed by atoms with E-state index in [1.165, 1.54) is 9.87 Å².